The Hall–Kier alpha value is -2.63. The fourth-order valence-corrected chi connectivity index (χ4v) is 7.86. The van der Waals surface area contributed by atoms with E-state index in [9.17, 15) is 14.4 Å². The molecular formula is C58H104O6. The SMILES string of the molecule is CCC/C=C\CCCCCCCC(=O)OCC(COC(=O)CCCCCCCC/C=C\C/C=C\C/C=C\CCCCCCC)OC(=O)CCCCCCCCCCCCCCCCC. The van der Waals surface area contributed by atoms with E-state index in [-0.39, 0.29) is 31.1 Å². The van der Waals surface area contributed by atoms with Crippen molar-refractivity contribution in [3.63, 3.8) is 0 Å². The first-order valence-corrected chi connectivity index (χ1v) is 27.6. The summed E-state index contributed by atoms with van der Waals surface area (Å²) in [4.78, 5) is 38.0. The van der Waals surface area contributed by atoms with E-state index in [4.69, 9.17) is 14.2 Å². The first-order chi connectivity index (χ1) is 31.5. The van der Waals surface area contributed by atoms with Crippen molar-refractivity contribution in [2.24, 2.45) is 0 Å². The summed E-state index contributed by atoms with van der Waals surface area (Å²) in [6, 6.07) is 0. The molecule has 0 saturated carbocycles. The van der Waals surface area contributed by atoms with Crippen LogP contribution in [-0.2, 0) is 28.6 Å². The van der Waals surface area contributed by atoms with E-state index in [1.807, 2.05) is 0 Å². The highest BCUT2D eigenvalue weighted by atomic mass is 16.6. The maximum atomic E-state index is 12.8. The molecule has 0 aliphatic heterocycles. The molecule has 0 rings (SSSR count). The number of ether oxygens (including phenoxy) is 3. The molecule has 1 atom stereocenters. The Labute approximate surface area is 397 Å². The van der Waals surface area contributed by atoms with Crippen molar-refractivity contribution in [2.75, 3.05) is 13.2 Å². The van der Waals surface area contributed by atoms with Gasteiger partial charge in [-0.25, -0.2) is 0 Å². The molecule has 0 bridgehead atoms. The van der Waals surface area contributed by atoms with Gasteiger partial charge in [-0.2, -0.15) is 0 Å². The van der Waals surface area contributed by atoms with Gasteiger partial charge in [-0.15, -0.1) is 0 Å². The van der Waals surface area contributed by atoms with Crippen LogP contribution < -0.4 is 0 Å². The summed E-state index contributed by atoms with van der Waals surface area (Å²) < 4.78 is 16.8. The average molecular weight is 897 g/mol. The first kappa shape index (κ1) is 61.4. The van der Waals surface area contributed by atoms with Crippen LogP contribution in [0.2, 0.25) is 0 Å². The molecule has 0 aromatic heterocycles. The Kier molecular flexibility index (Phi) is 50.8. The number of unbranched alkanes of at least 4 members (excludes halogenated alkanes) is 31. The number of esters is 3. The van der Waals surface area contributed by atoms with Crippen LogP contribution >= 0.6 is 0 Å². The molecule has 0 aromatic carbocycles. The smallest absolute Gasteiger partial charge is 0.306 e. The molecule has 0 amide bonds. The maximum absolute atomic E-state index is 12.8. The van der Waals surface area contributed by atoms with Gasteiger partial charge in [-0.1, -0.05) is 236 Å². The molecule has 1 unspecified atom stereocenters. The highest BCUT2D eigenvalue weighted by Gasteiger charge is 2.19. The number of hydrogen-bond acceptors (Lipinski definition) is 6. The molecule has 0 aromatic rings. The molecule has 0 N–H and O–H groups in total. The molecule has 0 radical (unpaired) electrons. The molecule has 0 aliphatic carbocycles. The van der Waals surface area contributed by atoms with Gasteiger partial charge >= 0.3 is 17.9 Å². The third-order valence-electron chi connectivity index (χ3n) is 12.0. The summed E-state index contributed by atoms with van der Waals surface area (Å²) >= 11 is 0. The molecule has 372 valence electrons. The molecule has 0 aliphatic rings. The number of hydrogen-bond donors (Lipinski definition) is 0. The molecule has 6 heteroatoms. The van der Waals surface area contributed by atoms with Crippen molar-refractivity contribution >= 4 is 17.9 Å². The number of carbonyl (C=O) groups excluding carboxylic acids is 3. The molecule has 0 fully saturated rings. The largest absolute Gasteiger partial charge is 0.462 e. The van der Waals surface area contributed by atoms with Gasteiger partial charge in [0.05, 0.1) is 0 Å². The molecule has 0 heterocycles. The summed E-state index contributed by atoms with van der Waals surface area (Å²) in [6.45, 7) is 6.57. The minimum Gasteiger partial charge on any atom is -0.462 e. The highest BCUT2D eigenvalue weighted by molar-refractivity contribution is 5.71. The standard InChI is InChI=1S/C58H104O6/c1-4-7-10-13-16-19-22-24-26-27-28-29-30-31-33-34-36-39-42-45-48-51-57(60)63-54-55(53-62-56(59)50-47-44-41-38-21-18-15-12-9-6-3)64-58(61)52-49-46-43-40-37-35-32-25-23-20-17-14-11-8-5-2/h12,15,22,24,27-28,30-31,55H,4-11,13-14,16-21,23,25-26,29,32-54H2,1-3H3/b15-12-,24-22-,28-27-,31-30-. The quantitative estimate of drug-likeness (QED) is 0.0262. The van der Waals surface area contributed by atoms with Gasteiger partial charge in [0.2, 0.25) is 0 Å². The lowest BCUT2D eigenvalue weighted by molar-refractivity contribution is -0.167. The molecule has 6 nitrogen and oxygen atoms in total. The second-order valence-electron chi connectivity index (χ2n) is 18.5. The fraction of sp³-hybridized carbons (Fsp3) is 0.810. The van der Waals surface area contributed by atoms with Crippen LogP contribution in [0.5, 0.6) is 0 Å². The number of allylic oxidation sites excluding steroid dienone is 8. The molecule has 64 heavy (non-hydrogen) atoms. The van der Waals surface area contributed by atoms with E-state index in [2.05, 4.69) is 69.4 Å². The van der Waals surface area contributed by atoms with E-state index >= 15 is 0 Å². The van der Waals surface area contributed by atoms with Crippen LogP contribution in [0.1, 0.15) is 284 Å². The normalized spacial score (nSPS) is 12.4. The minimum atomic E-state index is -0.778. The van der Waals surface area contributed by atoms with Crippen molar-refractivity contribution < 1.29 is 28.6 Å². The van der Waals surface area contributed by atoms with Crippen molar-refractivity contribution in [3.05, 3.63) is 48.6 Å². The van der Waals surface area contributed by atoms with Gasteiger partial charge in [-0.3, -0.25) is 14.4 Å². The van der Waals surface area contributed by atoms with Crippen LogP contribution in [0.3, 0.4) is 0 Å². The third-order valence-corrected chi connectivity index (χ3v) is 12.0. The lowest BCUT2D eigenvalue weighted by Crippen LogP contribution is -2.30. The van der Waals surface area contributed by atoms with E-state index in [0.29, 0.717) is 19.3 Å². The Morgan fingerprint density at radius 2 is 0.594 bits per heavy atom. The van der Waals surface area contributed by atoms with Crippen LogP contribution in [-0.4, -0.2) is 37.2 Å². The van der Waals surface area contributed by atoms with Gasteiger partial charge in [0, 0.05) is 19.3 Å². The van der Waals surface area contributed by atoms with Gasteiger partial charge < -0.3 is 14.2 Å². The summed E-state index contributed by atoms with van der Waals surface area (Å²) in [5, 5.41) is 0. The van der Waals surface area contributed by atoms with Crippen LogP contribution in [0.15, 0.2) is 48.6 Å². The van der Waals surface area contributed by atoms with Gasteiger partial charge in [0.1, 0.15) is 13.2 Å². The van der Waals surface area contributed by atoms with E-state index < -0.39 is 6.10 Å². The number of carbonyl (C=O) groups is 3. The van der Waals surface area contributed by atoms with Crippen molar-refractivity contribution in [1.82, 2.24) is 0 Å². The maximum Gasteiger partial charge on any atom is 0.306 e. The highest BCUT2D eigenvalue weighted by Crippen LogP contribution is 2.16. The van der Waals surface area contributed by atoms with Gasteiger partial charge in [0.15, 0.2) is 6.10 Å². The Balaban J connectivity index is 4.31. The monoisotopic (exact) mass is 897 g/mol. The first-order valence-electron chi connectivity index (χ1n) is 27.6. The summed E-state index contributed by atoms with van der Waals surface area (Å²) in [5.74, 6) is -0.891. The zero-order valence-electron chi connectivity index (χ0n) is 42.6. The van der Waals surface area contributed by atoms with Crippen LogP contribution in [0, 0.1) is 0 Å². The van der Waals surface area contributed by atoms with E-state index in [1.165, 1.54) is 154 Å². The van der Waals surface area contributed by atoms with Crippen molar-refractivity contribution in [1.29, 1.82) is 0 Å². The lowest BCUT2D eigenvalue weighted by Gasteiger charge is -2.18. The Morgan fingerprint density at radius 3 is 0.953 bits per heavy atom. The zero-order valence-corrected chi connectivity index (χ0v) is 42.6. The fourth-order valence-electron chi connectivity index (χ4n) is 7.86. The Morgan fingerprint density at radius 1 is 0.312 bits per heavy atom. The van der Waals surface area contributed by atoms with E-state index in [1.54, 1.807) is 0 Å². The topological polar surface area (TPSA) is 78.9 Å². The summed E-state index contributed by atoms with van der Waals surface area (Å²) in [7, 11) is 0. The predicted molar refractivity (Wildman–Crippen MR) is 275 cm³/mol. The minimum absolute atomic E-state index is 0.0797. The van der Waals surface area contributed by atoms with Gasteiger partial charge in [0.25, 0.3) is 0 Å². The predicted octanol–water partition coefficient (Wildman–Crippen LogP) is 18.3. The van der Waals surface area contributed by atoms with Crippen molar-refractivity contribution in [2.45, 2.75) is 290 Å². The van der Waals surface area contributed by atoms with Crippen LogP contribution in [0.4, 0.5) is 0 Å². The molecular weight excluding hydrogens is 793 g/mol. The second kappa shape index (κ2) is 53.0. The average Bonchev–Trinajstić information content (AvgIpc) is 3.29. The third kappa shape index (κ3) is 50.4. The molecule has 0 spiro atoms. The van der Waals surface area contributed by atoms with Crippen LogP contribution in [0.25, 0.3) is 0 Å². The summed E-state index contributed by atoms with van der Waals surface area (Å²) in [6.07, 6.45) is 63.9. The Bertz CT molecular complexity index is 1120. The van der Waals surface area contributed by atoms with Gasteiger partial charge in [-0.05, 0) is 77.0 Å². The lowest BCUT2D eigenvalue weighted by atomic mass is 10.0. The number of rotatable bonds is 50. The summed E-state index contributed by atoms with van der Waals surface area (Å²) in [5.41, 5.74) is 0. The zero-order chi connectivity index (χ0) is 46.5. The van der Waals surface area contributed by atoms with E-state index in [0.717, 1.165) is 89.9 Å². The second-order valence-corrected chi connectivity index (χ2v) is 18.5. The molecule has 0 saturated heterocycles. The van der Waals surface area contributed by atoms with Crippen molar-refractivity contribution in [3.8, 4) is 0 Å².